The van der Waals surface area contributed by atoms with Crippen LogP contribution in [-0.4, -0.2) is 40.5 Å². The molecule has 7 nitrogen and oxygen atoms in total. The van der Waals surface area contributed by atoms with Crippen LogP contribution in [0.3, 0.4) is 0 Å². The molecule has 0 bridgehead atoms. The van der Waals surface area contributed by atoms with Gasteiger partial charge in [-0.25, -0.2) is 9.97 Å². The molecule has 0 unspecified atom stereocenters. The topological polar surface area (TPSA) is 85.0 Å². The van der Waals surface area contributed by atoms with Crippen LogP contribution in [0.25, 0.3) is 11.0 Å². The maximum atomic E-state index is 5.52. The Balaban J connectivity index is 1.70. The normalized spacial score (nSPS) is 10.8. The number of H-pyrrole nitrogens is 1. The average Bonchev–Trinajstić information content (AvgIpc) is 2.90. The Bertz CT molecular complexity index is 760. The second-order valence-electron chi connectivity index (χ2n) is 4.46. The molecule has 8 heteroatoms. The van der Waals surface area contributed by atoms with E-state index < -0.39 is 0 Å². The van der Waals surface area contributed by atoms with Gasteiger partial charge in [0, 0.05) is 12.8 Å². The number of hydrogen-bond donors (Lipinski definition) is 2. The minimum Gasteiger partial charge on any atom is -0.491 e. The first kappa shape index (κ1) is 15.0. The zero-order chi connectivity index (χ0) is 15.4. The highest BCUT2D eigenvalue weighted by Crippen LogP contribution is 2.20. The number of ether oxygens (including phenoxy) is 2. The van der Waals surface area contributed by atoms with Crippen LogP contribution in [0.15, 0.2) is 30.5 Å². The average molecular weight is 411 g/mol. The molecule has 2 heterocycles. The largest absolute Gasteiger partial charge is 0.491 e. The van der Waals surface area contributed by atoms with Gasteiger partial charge in [0.25, 0.3) is 0 Å². The maximum Gasteiger partial charge on any atom is 0.227 e. The fourth-order valence-electron chi connectivity index (χ4n) is 1.85. The number of halogens is 1. The van der Waals surface area contributed by atoms with Crippen molar-refractivity contribution in [3.05, 3.63) is 34.2 Å². The standard InChI is InChI=1S/C14H14IN5O2/c1-21-6-7-22-10-4-2-9(3-5-10)17-14-16-8-11-12(18-14)13(15)20-19-11/h2-5,8H,6-7H2,1H3,(H,19,20)(H,16,17,18). The van der Waals surface area contributed by atoms with Crippen LogP contribution in [0.1, 0.15) is 0 Å². The van der Waals surface area contributed by atoms with Crippen LogP contribution in [0.2, 0.25) is 0 Å². The van der Waals surface area contributed by atoms with Gasteiger partial charge in [0.1, 0.15) is 27.1 Å². The Morgan fingerprint density at radius 1 is 1.23 bits per heavy atom. The van der Waals surface area contributed by atoms with Gasteiger partial charge >= 0.3 is 0 Å². The first-order valence-corrected chi connectivity index (χ1v) is 7.69. The Kier molecular flexibility index (Phi) is 4.68. The van der Waals surface area contributed by atoms with E-state index in [9.17, 15) is 0 Å². The molecule has 0 saturated carbocycles. The zero-order valence-electron chi connectivity index (χ0n) is 11.8. The maximum absolute atomic E-state index is 5.52. The third-order valence-electron chi connectivity index (χ3n) is 2.93. The number of fused-ring (bicyclic) bond motifs is 1. The molecule has 22 heavy (non-hydrogen) atoms. The van der Waals surface area contributed by atoms with E-state index in [0.29, 0.717) is 19.2 Å². The predicted octanol–water partition coefficient (Wildman–Crippen LogP) is 2.73. The number of aromatic nitrogens is 4. The summed E-state index contributed by atoms with van der Waals surface area (Å²) < 4.78 is 11.3. The molecule has 1 aromatic carbocycles. The highest BCUT2D eigenvalue weighted by molar-refractivity contribution is 14.1. The van der Waals surface area contributed by atoms with Crippen LogP contribution >= 0.6 is 22.6 Å². The summed E-state index contributed by atoms with van der Waals surface area (Å²) in [4.78, 5) is 8.70. The summed E-state index contributed by atoms with van der Waals surface area (Å²) in [6, 6.07) is 7.60. The molecule has 0 saturated heterocycles. The van der Waals surface area contributed by atoms with Crippen molar-refractivity contribution < 1.29 is 9.47 Å². The lowest BCUT2D eigenvalue weighted by atomic mass is 10.3. The molecule has 0 aliphatic carbocycles. The van der Waals surface area contributed by atoms with E-state index in [4.69, 9.17) is 9.47 Å². The molecule has 2 N–H and O–H groups in total. The summed E-state index contributed by atoms with van der Waals surface area (Å²) in [6.07, 6.45) is 1.71. The number of rotatable bonds is 6. The first-order chi connectivity index (χ1) is 10.8. The fourth-order valence-corrected chi connectivity index (χ4v) is 2.38. The lowest BCUT2D eigenvalue weighted by Gasteiger charge is -2.07. The highest BCUT2D eigenvalue weighted by atomic mass is 127. The molecule has 2 aromatic heterocycles. The number of benzene rings is 1. The smallest absolute Gasteiger partial charge is 0.227 e. The van der Waals surface area contributed by atoms with Crippen LogP contribution in [0, 0.1) is 3.70 Å². The lowest BCUT2D eigenvalue weighted by molar-refractivity contribution is 0.146. The summed E-state index contributed by atoms with van der Waals surface area (Å²) in [5.41, 5.74) is 2.51. The summed E-state index contributed by atoms with van der Waals surface area (Å²) in [5.74, 6) is 1.32. The molecule has 0 aliphatic heterocycles. The summed E-state index contributed by atoms with van der Waals surface area (Å²) in [5, 5.41) is 10.1. The monoisotopic (exact) mass is 411 g/mol. The number of aromatic amines is 1. The van der Waals surface area contributed by atoms with Crippen molar-refractivity contribution in [3.63, 3.8) is 0 Å². The third-order valence-corrected chi connectivity index (χ3v) is 3.68. The van der Waals surface area contributed by atoms with E-state index in [1.807, 2.05) is 24.3 Å². The Morgan fingerprint density at radius 3 is 2.82 bits per heavy atom. The van der Waals surface area contributed by atoms with Crippen molar-refractivity contribution in [2.24, 2.45) is 0 Å². The first-order valence-electron chi connectivity index (χ1n) is 6.61. The van der Waals surface area contributed by atoms with E-state index in [1.54, 1.807) is 13.3 Å². The predicted molar refractivity (Wildman–Crippen MR) is 91.5 cm³/mol. The van der Waals surface area contributed by atoms with E-state index in [0.717, 1.165) is 26.2 Å². The molecule has 0 aliphatic rings. The van der Waals surface area contributed by atoms with E-state index in [-0.39, 0.29) is 0 Å². The Labute approximate surface area is 140 Å². The number of hydrogen-bond acceptors (Lipinski definition) is 6. The van der Waals surface area contributed by atoms with Gasteiger partial charge in [-0.1, -0.05) is 0 Å². The third kappa shape index (κ3) is 3.45. The lowest BCUT2D eigenvalue weighted by Crippen LogP contribution is -2.04. The molecule has 0 spiro atoms. The quantitative estimate of drug-likeness (QED) is 0.480. The van der Waals surface area contributed by atoms with E-state index in [2.05, 4.69) is 48.1 Å². The molecule has 0 atom stereocenters. The fraction of sp³-hybridized carbons (Fsp3) is 0.214. The van der Waals surface area contributed by atoms with Crippen molar-refractivity contribution in [3.8, 4) is 5.75 Å². The molecule has 114 valence electrons. The molecule has 0 amide bonds. The SMILES string of the molecule is COCCOc1ccc(Nc2ncc3[nH]nc(I)c3n2)cc1. The Hall–Kier alpha value is -1.94. The van der Waals surface area contributed by atoms with Gasteiger partial charge in [-0.3, -0.25) is 5.10 Å². The van der Waals surface area contributed by atoms with Gasteiger partial charge in [0.15, 0.2) is 0 Å². The van der Waals surface area contributed by atoms with Gasteiger partial charge in [0.05, 0.1) is 12.8 Å². The van der Waals surface area contributed by atoms with Crippen molar-refractivity contribution in [2.45, 2.75) is 0 Å². The van der Waals surface area contributed by atoms with Crippen LogP contribution in [0.4, 0.5) is 11.6 Å². The number of nitrogens with zero attached hydrogens (tertiary/aromatic N) is 3. The molecular weight excluding hydrogens is 397 g/mol. The van der Waals surface area contributed by atoms with Crippen LogP contribution in [-0.2, 0) is 4.74 Å². The summed E-state index contributed by atoms with van der Waals surface area (Å²) >= 11 is 2.13. The number of nitrogens with one attached hydrogen (secondary N) is 2. The highest BCUT2D eigenvalue weighted by Gasteiger charge is 2.06. The van der Waals surface area contributed by atoms with E-state index in [1.165, 1.54) is 0 Å². The van der Waals surface area contributed by atoms with Crippen molar-refractivity contribution in [1.29, 1.82) is 0 Å². The zero-order valence-corrected chi connectivity index (χ0v) is 14.0. The van der Waals surface area contributed by atoms with Crippen LogP contribution < -0.4 is 10.1 Å². The van der Waals surface area contributed by atoms with Gasteiger partial charge in [-0.05, 0) is 46.9 Å². The van der Waals surface area contributed by atoms with Gasteiger partial charge in [0.2, 0.25) is 5.95 Å². The second kappa shape index (κ2) is 6.88. The van der Waals surface area contributed by atoms with Gasteiger partial charge in [-0.15, -0.1) is 0 Å². The minimum absolute atomic E-state index is 0.528. The molecule has 3 aromatic rings. The second-order valence-corrected chi connectivity index (χ2v) is 5.48. The molecular formula is C14H14IN5O2. The van der Waals surface area contributed by atoms with E-state index >= 15 is 0 Å². The van der Waals surface area contributed by atoms with Gasteiger partial charge in [-0.2, -0.15) is 5.10 Å². The van der Waals surface area contributed by atoms with Crippen LogP contribution in [0.5, 0.6) is 5.75 Å². The Morgan fingerprint density at radius 2 is 2.05 bits per heavy atom. The van der Waals surface area contributed by atoms with Crippen molar-refractivity contribution >= 4 is 45.3 Å². The van der Waals surface area contributed by atoms with Gasteiger partial charge < -0.3 is 14.8 Å². The van der Waals surface area contributed by atoms with Crippen molar-refractivity contribution in [2.75, 3.05) is 25.6 Å². The summed E-state index contributed by atoms with van der Waals surface area (Å²) in [7, 11) is 1.65. The minimum atomic E-state index is 0.528. The number of anilines is 2. The number of methoxy groups -OCH3 is 1. The molecule has 0 radical (unpaired) electrons. The summed E-state index contributed by atoms with van der Waals surface area (Å²) in [6.45, 7) is 1.10. The molecule has 0 fully saturated rings. The van der Waals surface area contributed by atoms with Crippen molar-refractivity contribution in [1.82, 2.24) is 20.2 Å². The molecule has 3 rings (SSSR count).